The van der Waals surface area contributed by atoms with Crippen molar-refractivity contribution in [3.05, 3.63) is 65.5 Å². The minimum atomic E-state index is -2.96. The number of halogens is 4. The van der Waals surface area contributed by atoms with E-state index >= 15 is 0 Å². The molecule has 0 saturated carbocycles. The van der Waals surface area contributed by atoms with E-state index < -0.39 is 24.0 Å². The SMILES string of the molecule is Cc1nc2c(F)cc(F)cc2n1C1=CC(N)=NC(N)(c2ccc(OC(F)F)cc2)N1. The number of aliphatic imine (C=N–C) groups is 1. The van der Waals surface area contributed by atoms with Crippen molar-refractivity contribution in [1.82, 2.24) is 14.9 Å². The molecule has 1 unspecified atom stereocenters. The number of aromatic nitrogens is 2. The number of ether oxygens (including phenoxy) is 1. The van der Waals surface area contributed by atoms with Crippen LogP contribution in [0.3, 0.4) is 0 Å². The Hall–Kier alpha value is -3.60. The predicted molar refractivity (Wildman–Crippen MR) is 102 cm³/mol. The first-order valence-electron chi connectivity index (χ1n) is 8.70. The molecule has 2 heterocycles. The van der Waals surface area contributed by atoms with Crippen LogP contribution in [0.1, 0.15) is 11.4 Å². The lowest BCUT2D eigenvalue weighted by Gasteiger charge is -2.33. The van der Waals surface area contributed by atoms with Crippen LogP contribution < -0.4 is 21.5 Å². The Labute approximate surface area is 167 Å². The first-order valence-corrected chi connectivity index (χ1v) is 8.70. The molecule has 0 saturated heterocycles. The zero-order valence-corrected chi connectivity index (χ0v) is 15.5. The van der Waals surface area contributed by atoms with Crippen LogP contribution in [0.5, 0.6) is 5.75 Å². The van der Waals surface area contributed by atoms with Gasteiger partial charge < -0.3 is 15.8 Å². The highest BCUT2D eigenvalue weighted by Crippen LogP contribution is 2.29. The minimum Gasteiger partial charge on any atom is -0.435 e. The molecule has 30 heavy (non-hydrogen) atoms. The van der Waals surface area contributed by atoms with Crippen LogP contribution in [0.15, 0.2) is 47.5 Å². The van der Waals surface area contributed by atoms with Crippen molar-refractivity contribution in [2.24, 2.45) is 16.5 Å². The minimum absolute atomic E-state index is 0.0196. The fraction of sp³-hybridized carbons (Fsp3) is 0.158. The number of imidazole rings is 1. The topological polar surface area (TPSA) is 103 Å². The monoisotopic (exact) mass is 420 g/mol. The number of nitrogens with zero attached hydrogens (tertiary/aromatic N) is 3. The van der Waals surface area contributed by atoms with Crippen molar-refractivity contribution < 1.29 is 22.3 Å². The largest absolute Gasteiger partial charge is 0.435 e. The van der Waals surface area contributed by atoms with Gasteiger partial charge in [0.05, 0.1) is 5.52 Å². The smallest absolute Gasteiger partial charge is 0.387 e. The number of rotatable bonds is 4. The Morgan fingerprint density at radius 3 is 2.53 bits per heavy atom. The molecule has 0 fully saturated rings. The fourth-order valence-electron chi connectivity index (χ4n) is 3.31. The summed E-state index contributed by atoms with van der Waals surface area (Å²) >= 11 is 0. The lowest BCUT2D eigenvalue weighted by Crippen LogP contribution is -2.52. The number of nitrogens with one attached hydrogen (secondary N) is 1. The highest BCUT2D eigenvalue weighted by molar-refractivity contribution is 5.98. The van der Waals surface area contributed by atoms with Gasteiger partial charge in [0.25, 0.3) is 0 Å². The molecule has 0 aliphatic carbocycles. The number of fused-ring (bicyclic) bond motifs is 1. The third kappa shape index (κ3) is 3.43. The van der Waals surface area contributed by atoms with Gasteiger partial charge in [0.2, 0.25) is 5.79 Å². The molecule has 0 spiro atoms. The maximum absolute atomic E-state index is 14.1. The third-order valence-corrected chi connectivity index (χ3v) is 4.52. The molecule has 1 aliphatic rings. The van der Waals surface area contributed by atoms with E-state index in [0.29, 0.717) is 11.4 Å². The van der Waals surface area contributed by atoms with Crippen molar-refractivity contribution in [3.63, 3.8) is 0 Å². The first kappa shape index (κ1) is 19.7. The van der Waals surface area contributed by atoms with E-state index in [0.717, 1.165) is 12.1 Å². The van der Waals surface area contributed by atoms with Gasteiger partial charge in [0.1, 0.15) is 34.6 Å². The molecule has 0 radical (unpaired) electrons. The average molecular weight is 420 g/mol. The number of nitrogens with two attached hydrogens (primary N) is 2. The molecule has 1 aliphatic heterocycles. The van der Waals surface area contributed by atoms with Gasteiger partial charge >= 0.3 is 6.61 Å². The standard InChI is InChI=1S/C19H16F4N6O/c1-9-26-17-13(21)6-11(20)7-14(17)29(9)16-8-15(24)27-19(25,28-16)10-2-4-12(5-3-10)30-18(22)23/h2-8,18,28H,25H2,1H3,(H2,24,27). The first-order chi connectivity index (χ1) is 14.2. The summed E-state index contributed by atoms with van der Waals surface area (Å²) in [6.45, 7) is -1.35. The second kappa shape index (κ2) is 7.02. The summed E-state index contributed by atoms with van der Waals surface area (Å²) in [5, 5.41) is 2.97. The normalized spacial score (nSPS) is 18.9. The summed E-state index contributed by atoms with van der Waals surface area (Å²) in [5.74, 6) is -2.53. The summed E-state index contributed by atoms with van der Waals surface area (Å²) in [5.41, 5.74) is 12.9. The van der Waals surface area contributed by atoms with Crippen molar-refractivity contribution in [2.75, 3.05) is 0 Å². The summed E-state index contributed by atoms with van der Waals surface area (Å²) in [7, 11) is 0. The number of hydrogen-bond acceptors (Lipinski definition) is 6. The van der Waals surface area contributed by atoms with Gasteiger partial charge in [-0.15, -0.1) is 0 Å². The Bertz CT molecular complexity index is 1190. The molecule has 0 bridgehead atoms. The average Bonchev–Trinajstić information content (AvgIpc) is 2.97. The molecule has 5 N–H and O–H groups in total. The summed E-state index contributed by atoms with van der Waals surface area (Å²) < 4.78 is 58.5. The Kier molecular flexibility index (Phi) is 4.61. The van der Waals surface area contributed by atoms with Gasteiger partial charge in [0, 0.05) is 23.8 Å². The Morgan fingerprint density at radius 1 is 1.17 bits per heavy atom. The summed E-state index contributed by atoms with van der Waals surface area (Å²) in [6, 6.07) is 7.39. The maximum atomic E-state index is 14.1. The summed E-state index contributed by atoms with van der Waals surface area (Å²) in [4.78, 5) is 8.34. The van der Waals surface area contributed by atoms with E-state index in [2.05, 4.69) is 20.0 Å². The molecule has 2 aromatic carbocycles. The number of amidine groups is 1. The number of benzene rings is 2. The number of aryl methyl sites for hydroxylation is 1. The molecule has 11 heteroatoms. The highest BCUT2D eigenvalue weighted by atomic mass is 19.3. The van der Waals surface area contributed by atoms with Crippen molar-refractivity contribution in [2.45, 2.75) is 19.3 Å². The van der Waals surface area contributed by atoms with Crippen LogP contribution in [0.25, 0.3) is 16.9 Å². The molecular weight excluding hydrogens is 404 g/mol. The van der Waals surface area contributed by atoms with E-state index in [9.17, 15) is 17.6 Å². The van der Waals surface area contributed by atoms with E-state index in [1.54, 1.807) is 6.92 Å². The van der Waals surface area contributed by atoms with Crippen LogP contribution >= 0.6 is 0 Å². The molecule has 156 valence electrons. The number of hydrogen-bond donors (Lipinski definition) is 3. The van der Waals surface area contributed by atoms with Gasteiger partial charge in [-0.1, -0.05) is 0 Å². The third-order valence-electron chi connectivity index (χ3n) is 4.52. The second-order valence-corrected chi connectivity index (χ2v) is 6.61. The van der Waals surface area contributed by atoms with Gasteiger partial charge in [-0.05, 0) is 31.2 Å². The second-order valence-electron chi connectivity index (χ2n) is 6.61. The summed E-state index contributed by atoms with van der Waals surface area (Å²) in [6.07, 6.45) is 1.44. The molecule has 0 amide bonds. The van der Waals surface area contributed by atoms with E-state index in [-0.39, 0.29) is 28.4 Å². The van der Waals surface area contributed by atoms with Gasteiger partial charge in [-0.25, -0.2) is 18.8 Å². The van der Waals surface area contributed by atoms with Crippen LogP contribution in [-0.4, -0.2) is 22.0 Å². The van der Waals surface area contributed by atoms with Gasteiger partial charge in [-0.2, -0.15) is 8.78 Å². The highest BCUT2D eigenvalue weighted by Gasteiger charge is 2.32. The van der Waals surface area contributed by atoms with E-state index in [1.165, 1.54) is 34.9 Å². The van der Waals surface area contributed by atoms with Crippen LogP contribution in [0.2, 0.25) is 0 Å². The molecule has 7 nitrogen and oxygen atoms in total. The maximum Gasteiger partial charge on any atom is 0.387 e. The Balaban J connectivity index is 1.75. The lowest BCUT2D eigenvalue weighted by atomic mass is 10.1. The van der Waals surface area contributed by atoms with Crippen LogP contribution in [-0.2, 0) is 5.79 Å². The number of alkyl halides is 2. The fourth-order valence-corrected chi connectivity index (χ4v) is 3.31. The Morgan fingerprint density at radius 2 is 1.87 bits per heavy atom. The van der Waals surface area contributed by atoms with Crippen molar-refractivity contribution >= 4 is 22.7 Å². The van der Waals surface area contributed by atoms with Crippen molar-refractivity contribution in [3.8, 4) is 5.75 Å². The molecule has 4 rings (SSSR count). The predicted octanol–water partition coefficient (Wildman–Crippen LogP) is 2.75. The quantitative estimate of drug-likeness (QED) is 0.563. The van der Waals surface area contributed by atoms with Gasteiger partial charge in [0.15, 0.2) is 5.82 Å². The van der Waals surface area contributed by atoms with Crippen LogP contribution in [0, 0.1) is 18.6 Å². The van der Waals surface area contributed by atoms with E-state index in [1.807, 2.05) is 0 Å². The van der Waals surface area contributed by atoms with Gasteiger partial charge in [-0.3, -0.25) is 10.3 Å². The lowest BCUT2D eigenvalue weighted by molar-refractivity contribution is -0.0498. The van der Waals surface area contributed by atoms with Crippen LogP contribution in [0.4, 0.5) is 17.6 Å². The molecule has 1 atom stereocenters. The molecule has 1 aromatic heterocycles. The zero-order chi connectivity index (χ0) is 21.6. The van der Waals surface area contributed by atoms with E-state index in [4.69, 9.17) is 11.5 Å². The molecular formula is C19H16F4N6O. The van der Waals surface area contributed by atoms with Crippen molar-refractivity contribution in [1.29, 1.82) is 0 Å². The molecule has 3 aromatic rings. The zero-order valence-electron chi connectivity index (χ0n) is 15.5.